The van der Waals surface area contributed by atoms with Crippen molar-refractivity contribution in [3.63, 3.8) is 0 Å². The molecule has 23 rings (SSSR count). The summed E-state index contributed by atoms with van der Waals surface area (Å²) in [5.74, 6) is 1.34. The van der Waals surface area contributed by atoms with Crippen LogP contribution in [0.2, 0.25) is 0 Å². The molecule has 4 aliphatic carbocycles. The molecule has 4 amide bonds. The van der Waals surface area contributed by atoms with Gasteiger partial charge >= 0.3 is 0 Å². The van der Waals surface area contributed by atoms with Crippen LogP contribution in [0.5, 0.6) is 17.6 Å². The summed E-state index contributed by atoms with van der Waals surface area (Å²) < 4.78 is 76.7. The normalized spacial score (nSPS) is 22.5. The number of hydrogen-bond acceptors (Lipinski definition) is 20. The van der Waals surface area contributed by atoms with Gasteiger partial charge in [-0.05, 0) is 224 Å². The van der Waals surface area contributed by atoms with Gasteiger partial charge in [0, 0.05) is 117 Å². The van der Waals surface area contributed by atoms with E-state index in [1.165, 1.54) is 48.8 Å². The van der Waals surface area contributed by atoms with E-state index in [4.69, 9.17) is 14.2 Å². The number of carbonyl (C=O) groups is 4. The molecule has 11 fully saturated rings. The average Bonchev–Trinajstić information content (AvgIpc) is 1.67. The minimum atomic E-state index is -0.532. The van der Waals surface area contributed by atoms with Crippen molar-refractivity contribution in [2.45, 2.75) is 147 Å². The lowest BCUT2D eigenvalue weighted by Gasteiger charge is -2.49. The molecule has 122 heavy (non-hydrogen) atoms. The first-order chi connectivity index (χ1) is 59.4. The molecule has 4 aromatic carbocycles. The molecule has 29 heteroatoms. The van der Waals surface area contributed by atoms with Crippen LogP contribution in [0, 0.1) is 74.6 Å². The van der Waals surface area contributed by atoms with E-state index in [0.29, 0.717) is 90.0 Å². The molecule has 11 aliphatic rings. The molecule has 12 aromatic rings. The molecule has 7 saturated heterocycles. The number of halogens is 4. The minimum absolute atomic E-state index is 0.0461. The standard InChI is InChI=1S/2C24H23FN4O2.C23H22FN5O.C22H22FN5O2/c1-15-3-8-22(28-13-15)31-21-11-16-4-7-20(21)29(14-16)24(30)18-6-5-17(25)12-19(18)23-26-9-2-10-27-23;1-15-6-9-21(28-13-15)31-20-12-16-7-8-19(20)29(14-16)24(30)17-4-2-5-18(25)22(17)23-26-10-3-11-27-23;1-14-6-7-16(12-27-14)28-19-10-15-11-20(19)29(13-15)23(30)17-4-2-5-18(24)21(17)22-25-8-3-9-26-22;1-14-5-8-20(24-12-14)30-19-11-15-6-7-18(19)27(13-15)22(29)16-3-2-4-17(23)21(16)28-25-9-10-26-28/h2-3,5-6,8-10,12-13,16,20-21H,4,7,11,14H2,1H3;2-6,9-11,13,16,19-20H,7-8,12,14H2,1H3;2-9,12,15,19-20,28H,10-11,13H2,1H3;2-5,8-10,12,15,18-19H,6-7,11,13H2,1H3. The molecule has 0 spiro atoms. The highest BCUT2D eigenvalue weighted by molar-refractivity contribution is 6.02. The Labute approximate surface area is 702 Å². The van der Waals surface area contributed by atoms with Crippen molar-refractivity contribution in [2.75, 3.05) is 31.5 Å². The molecule has 25 nitrogen and oxygen atoms in total. The van der Waals surface area contributed by atoms with Crippen LogP contribution in [-0.2, 0) is 0 Å². The van der Waals surface area contributed by atoms with Crippen LogP contribution in [0.3, 0.4) is 0 Å². The number of pyridine rings is 4. The van der Waals surface area contributed by atoms with E-state index in [1.54, 1.807) is 110 Å². The zero-order chi connectivity index (χ0) is 84.1. The van der Waals surface area contributed by atoms with Crippen molar-refractivity contribution in [3.05, 3.63) is 282 Å². The molecule has 8 aromatic heterocycles. The summed E-state index contributed by atoms with van der Waals surface area (Å²) in [6.07, 6.45) is 29.5. The molecule has 622 valence electrons. The average molecular weight is 1650 g/mol. The first kappa shape index (κ1) is 81.0. The minimum Gasteiger partial charge on any atom is -0.472 e. The fourth-order valence-electron chi connectivity index (χ4n) is 18.6. The molecule has 8 bridgehead atoms. The van der Waals surface area contributed by atoms with Crippen LogP contribution >= 0.6 is 0 Å². The van der Waals surface area contributed by atoms with Crippen LogP contribution in [0.4, 0.5) is 23.2 Å². The summed E-state index contributed by atoms with van der Waals surface area (Å²) in [5.41, 5.74) is 7.17. The zero-order valence-corrected chi connectivity index (χ0v) is 67.7. The fourth-order valence-corrected chi connectivity index (χ4v) is 18.6. The van der Waals surface area contributed by atoms with Crippen LogP contribution in [0.1, 0.15) is 134 Å². The lowest BCUT2D eigenvalue weighted by molar-refractivity contribution is -0.0314. The topological polar surface area (TPSA) is 281 Å². The first-order valence-electron chi connectivity index (χ1n) is 41.4. The molecule has 12 unspecified atom stereocenters. The van der Waals surface area contributed by atoms with E-state index in [1.807, 2.05) is 102 Å². The van der Waals surface area contributed by atoms with Crippen LogP contribution in [0.15, 0.2) is 214 Å². The van der Waals surface area contributed by atoms with Crippen LogP contribution in [0.25, 0.3) is 39.9 Å². The number of nitrogens with zero attached hydrogens (tertiary/aromatic N) is 17. The monoisotopic (exact) mass is 1650 g/mol. The van der Waals surface area contributed by atoms with Gasteiger partial charge in [-0.2, -0.15) is 10.2 Å². The second kappa shape index (κ2) is 35.9. The molecule has 7 aliphatic heterocycles. The summed E-state index contributed by atoms with van der Waals surface area (Å²) in [7, 11) is 0. The number of para-hydroxylation sites is 1. The summed E-state index contributed by atoms with van der Waals surface area (Å²) in [5, 5.41) is 11.6. The maximum atomic E-state index is 14.8. The van der Waals surface area contributed by atoms with Gasteiger partial charge in [0.15, 0.2) is 23.3 Å². The van der Waals surface area contributed by atoms with E-state index >= 15 is 0 Å². The van der Waals surface area contributed by atoms with Crippen molar-refractivity contribution in [1.29, 1.82) is 0 Å². The van der Waals surface area contributed by atoms with Crippen molar-refractivity contribution in [1.82, 2.24) is 84.4 Å². The second-order valence-corrected chi connectivity index (χ2v) is 32.6. The number of ether oxygens (including phenoxy) is 3. The number of likely N-dealkylation sites (tertiary alicyclic amines) is 1. The van der Waals surface area contributed by atoms with Crippen LogP contribution < -0.4 is 19.5 Å². The summed E-state index contributed by atoms with van der Waals surface area (Å²) in [6.45, 7) is 10.6. The molecule has 4 saturated carbocycles. The number of anilines is 1. The van der Waals surface area contributed by atoms with Gasteiger partial charge in [0.1, 0.15) is 41.5 Å². The Morgan fingerprint density at radius 3 is 1.21 bits per heavy atom. The second-order valence-electron chi connectivity index (χ2n) is 32.6. The molecule has 1 N–H and O–H groups in total. The predicted octanol–water partition coefficient (Wildman–Crippen LogP) is 15.0. The highest BCUT2D eigenvalue weighted by Gasteiger charge is 2.50. The number of hydrogen-bond donors (Lipinski definition) is 1. The summed E-state index contributed by atoms with van der Waals surface area (Å²) in [6, 6.07) is 38.3. The quantitative estimate of drug-likeness (QED) is 0.0880. The van der Waals surface area contributed by atoms with E-state index in [0.717, 1.165) is 103 Å². The number of aromatic nitrogens is 13. The fraction of sp³-hybridized carbons (Fsp3) is 0.333. The number of amides is 4. The number of rotatable bonds is 16. The maximum Gasteiger partial charge on any atom is 0.256 e. The maximum absolute atomic E-state index is 14.8. The Kier molecular flexibility index (Phi) is 23.9. The van der Waals surface area contributed by atoms with Crippen molar-refractivity contribution < 1.29 is 51.0 Å². The number of carbonyl (C=O) groups excluding carboxylic acids is 4. The number of aryl methyl sites for hydroxylation is 4. The highest BCUT2D eigenvalue weighted by atomic mass is 19.1. The molecule has 15 heterocycles. The lowest BCUT2D eigenvalue weighted by Crippen LogP contribution is -2.59. The Balaban J connectivity index is 0.000000116. The van der Waals surface area contributed by atoms with Gasteiger partial charge in [-0.15, -0.1) is 4.80 Å². The summed E-state index contributed by atoms with van der Waals surface area (Å²) in [4.78, 5) is 105. The Morgan fingerprint density at radius 2 is 0.787 bits per heavy atom. The van der Waals surface area contributed by atoms with E-state index in [9.17, 15) is 36.7 Å². The number of fused-ring (bicyclic) bond motifs is 11. The Morgan fingerprint density at radius 1 is 0.369 bits per heavy atom. The van der Waals surface area contributed by atoms with Crippen LogP contribution in [-0.4, -0.2) is 183 Å². The third kappa shape index (κ3) is 17.7. The van der Waals surface area contributed by atoms with Gasteiger partial charge in [-0.25, -0.2) is 62.4 Å². The third-order valence-electron chi connectivity index (χ3n) is 24.3. The largest absolute Gasteiger partial charge is 0.472 e. The van der Waals surface area contributed by atoms with Gasteiger partial charge in [0.05, 0.1) is 81.8 Å². The Bertz CT molecular complexity index is 5710. The van der Waals surface area contributed by atoms with Crippen molar-refractivity contribution >= 4 is 29.3 Å². The highest BCUT2D eigenvalue weighted by Crippen LogP contribution is 2.45. The van der Waals surface area contributed by atoms with Crippen molar-refractivity contribution in [2.24, 2.45) is 23.7 Å². The van der Waals surface area contributed by atoms with Gasteiger partial charge in [0.2, 0.25) is 17.6 Å². The SMILES string of the molecule is Cc1ccc(NC2CC3CC2N(C(=O)c2cccc(F)c2-c2ncccn2)C3)cn1.Cc1ccc(OC2CC3CCC2N(C(=O)c2ccc(F)cc2-c2ncccn2)C3)nc1.Cc1ccc(OC2CC3CCC2N(C(=O)c2cccc(F)c2-c2ncccn2)C3)nc1.Cc1ccc(OC2CC3CCC2N(C(=O)c2cccc(F)c2-n2nccn2)C3)nc1. The Hall–Kier alpha value is -13.3. The van der Waals surface area contributed by atoms with Crippen molar-refractivity contribution in [3.8, 4) is 57.5 Å². The van der Waals surface area contributed by atoms with E-state index in [-0.39, 0.29) is 112 Å². The predicted molar refractivity (Wildman–Crippen MR) is 444 cm³/mol. The number of nitrogens with one attached hydrogen (secondary N) is 1. The van der Waals surface area contributed by atoms with Gasteiger partial charge in [-0.1, -0.05) is 36.4 Å². The number of piperidine rings is 7. The van der Waals surface area contributed by atoms with Gasteiger partial charge in [-0.3, -0.25) is 24.2 Å². The smallest absolute Gasteiger partial charge is 0.256 e. The molecular weight excluding hydrogens is 1560 g/mol. The third-order valence-corrected chi connectivity index (χ3v) is 24.3. The van der Waals surface area contributed by atoms with Gasteiger partial charge in [0.25, 0.3) is 23.6 Å². The van der Waals surface area contributed by atoms with E-state index in [2.05, 4.69) is 65.4 Å². The molecular formula is C93H90F4N18O7. The van der Waals surface area contributed by atoms with E-state index < -0.39 is 23.3 Å². The summed E-state index contributed by atoms with van der Waals surface area (Å²) >= 11 is 0. The van der Waals surface area contributed by atoms with Gasteiger partial charge < -0.3 is 39.1 Å². The first-order valence-corrected chi connectivity index (χ1v) is 41.4. The lowest BCUT2D eigenvalue weighted by atomic mass is 9.77. The molecule has 0 radical (unpaired) electrons. The molecule has 12 atom stereocenters. The number of benzene rings is 4. The zero-order valence-electron chi connectivity index (χ0n) is 67.7.